The summed E-state index contributed by atoms with van der Waals surface area (Å²) in [6.07, 6.45) is 12.3. The van der Waals surface area contributed by atoms with Gasteiger partial charge in [0, 0.05) is 59.2 Å². The minimum Gasteiger partial charge on any atom is -0.468 e. The van der Waals surface area contributed by atoms with Gasteiger partial charge >= 0.3 is 0 Å². The maximum atomic E-state index is 5.81. The van der Waals surface area contributed by atoms with E-state index in [9.17, 15) is 0 Å². The minimum atomic E-state index is 0.740. The molecule has 4 aromatic heterocycles. The molecule has 0 aliphatic heterocycles. The summed E-state index contributed by atoms with van der Waals surface area (Å²) in [7, 11) is 0. The Morgan fingerprint density at radius 3 is 1.65 bits per heavy atom. The number of fused-ring (bicyclic) bond motifs is 2. The Balaban J connectivity index is 1.51. The van der Waals surface area contributed by atoms with E-state index in [4.69, 9.17) is 8.83 Å². The first-order valence-corrected chi connectivity index (χ1v) is 8.55. The largest absolute Gasteiger partial charge is 0.468 e. The SMILES string of the molecule is c1ccc(Cc2occ3cnccc23)c(Cc2occ3cnccc23)c1. The number of hydrogen-bond acceptors (Lipinski definition) is 4. The predicted octanol–water partition coefficient (Wildman–Crippen LogP) is 5.15. The maximum absolute atomic E-state index is 5.81. The molecule has 0 bridgehead atoms. The van der Waals surface area contributed by atoms with Gasteiger partial charge in [0.1, 0.15) is 24.0 Å². The van der Waals surface area contributed by atoms with E-state index < -0.39 is 0 Å². The number of hydrogen-bond donors (Lipinski definition) is 0. The Labute approximate surface area is 150 Å². The van der Waals surface area contributed by atoms with E-state index in [1.165, 1.54) is 11.1 Å². The molecule has 0 atom stereocenters. The third-order valence-corrected chi connectivity index (χ3v) is 4.78. The highest BCUT2D eigenvalue weighted by atomic mass is 16.3. The molecule has 0 spiro atoms. The van der Waals surface area contributed by atoms with Gasteiger partial charge in [-0.3, -0.25) is 9.97 Å². The lowest BCUT2D eigenvalue weighted by molar-refractivity contribution is 0.520. The molecule has 0 amide bonds. The molecule has 4 heteroatoms. The fourth-order valence-electron chi connectivity index (χ4n) is 3.43. The molecule has 5 rings (SSSR count). The Morgan fingerprint density at radius 2 is 1.15 bits per heavy atom. The molecule has 126 valence electrons. The molecule has 4 nitrogen and oxygen atoms in total. The molecule has 0 fully saturated rings. The van der Waals surface area contributed by atoms with Crippen molar-refractivity contribution in [3.8, 4) is 0 Å². The summed E-state index contributed by atoms with van der Waals surface area (Å²) in [6, 6.07) is 12.4. The number of aromatic nitrogens is 2. The lowest BCUT2D eigenvalue weighted by atomic mass is 9.98. The van der Waals surface area contributed by atoms with Crippen molar-refractivity contribution >= 4 is 21.5 Å². The summed E-state index contributed by atoms with van der Waals surface area (Å²) in [6.45, 7) is 0. The van der Waals surface area contributed by atoms with Gasteiger partial charge < -0.3 is 8.83 Å². The molecule has 1 aromatic carbocycles. The molecule has 26 heavy (non-hydrogen) atoms. The normalized spacial score (nSPS) is 11.4. The van der Waals surface area contributed by atoms with E-state index in [-0.39, 0.29) is 0 Å². The van der Waals surface area contributed by atoms with Gasteiger partial charge in [-0.05, 0) is 23.3 Å². The van der Waals surface area contributed by atoms with E-state index in [2.05, 4.69) is 34.2 Å². The van der Waals surface area contributed by atoms with Gasteiger partial charge in [0.25, 0.3) is 0 Å². The highest BCUT2D eigenvalue weighted by Gasteiger charge is 2.13. The second kappa shape index (κ2) is 6.15. The molecule has 4 heterocycles. The Kier molecular flexibility index (Phi) is 3.53. The zero-order valence-corrected chi connectivity index (χ0v) is 14.1. The molecule has 0 N–H and O–H groups in total. The standard InChI is InChI=1S/C22H16N2O2/c1-2-4-16(10-22-20-6-8-24-12-18(20)14-26-22)15(3-1)9-21-19-5-7-23-11-17(19)13-25-21/h1-8,11-14H,9-10H2. The molecule has 0 aliphatic carbocycles. The molecular weight excluding hydrogens is 324 g/mol. The summed E-state index contributed by atoms with van der Waals surface area (Å²) in [5, 5.41) is 4.29. The average molecular weight is 340 g/mol. The zero-order chi connectivity index (χ0) is 17.3. The van der Waals surface area contributed by atoms with Gasteiger partial charge in [-0.25, -0.2) is 0 Å². The summed E-state index contributed by atoms with van der Waals surface area (Å²) in [4.78, 5) is 8.30. The molecule has 0 saturated heterocycles. The Hall–Kier alpha value is -3.40. The third kappa shape index (κ3) is 2.56. The van der Waals surface area contributed by atoms with Gasteiger partial charge in [-0.15, -0.1) is 0 Å². The third-order valence-electron chi connectivity index (χ3n) is 4.78. The predicted molar refractivity (Wildman–Crippen MR) is 100 cm³/mol. The number of benzene rings is 1. The van der Waals surface area contributed by atoms with Crippen molar-refractivity contribution in [3.05, 3.63) is 96.4 Å². The van der Waals surface area contributed by atoms with Crippen molar-refractivity contribution in [2.24, 2.45) is 0 Å². The molecule has 0 unspecified atom stereocenters. The number of rotatable bonds is 4. The van der Waals surface area contributed by atoms with Crippen LogP contribution in [0.4, 0.5) is 0 Å². The number of nitrogens with zero attached hydrogens (tertiary/aromatic N) is 2. The van der Waals surface area contributed by atoms with Crippen LogP contribution in [0.3, 0.4) is 0 Å². The molecule has 0 aliphatic rings. The molecule has 0 saturated carbocycles. The topological polar surface area (TPSA) is 52.1 Å². The van der Waals surface area contributed by atoms with Crippen molar-refractivity contribution in [1.29, 1.82) is 0 Å². The van der Waals surface area contributed by atoms with E-state index in [1.54, 1.807) is 24.9 Å². The van der Waals surface area contributed by atoms with Gasteiger partial charge in [-0.1, -0.05) is 24.3 Å². The first-order valence-electron chi connectivity index (χ1n) is 8.55. The van der Waals surface area contributed by atoms with E-state index in [0.29, 0.717) is 0 Å². The fraction of sp³-hybridized carbons (Fsp3) is 0.0909. The second-order valence-electron chi connectivity index (χ2n) is 6.37. The summed E-state index contributed by atoms with van der Waals surface area (Å²) >= 11 is 0. The quantitative estimate of drug-likeness (QED) is 0.454. The van der Waals surface area contributed by atoms with Crippen molar-refractivity contribution in [2.45, 2.75) is 12.8 Å². The van der Waals surface area contributed by atoms with Gasteiger partial charge in [-0.2, -0.15) is 0 Å². The van der Waals surface area contributed by atoms with Crippen LogP contribution in [0.5, 0.6) is 0 Å². The van der Waals surface area contributed by atoms with Crippen LogP contribution in [-0.2, 0) is 12.8 Å². The number of pyridine rings is 2. The van der Waals surface area contributed by atoms with Crippen LogP contribution in [0.25, 0.3) is 21.5 Å². The fourth-order valence-corrected chi connectivity index (χ4v) is 3.43. The molecule has 5 aromatic rings. The lowest BCUT2D eigenvalue weighted by Gasteiger charge is -2.08. The summed E-state index contributed by atoms with van der Waals surface area (Å²) < 4.78 is 11.6. The second-order valence-corrected chi connectivity index (χ2v) is 6.37. The van der Waals surface area contributed by atoms with Gasteiger partial charge in [0.2, 0.25) is 0 Å². The monoisotopic (exact) mass is 340 g/mol. The smallest absolute Gasteiger partial charge is 0.116 e. The van der Waals surface area contributed by atoms with Crippen molar-refractivity contribution < 1.29 is 8.83 Å². The highest BCUT2D eigenvalue weighted by molar-refractivity contribution is 5.84. The molecular formula is C22H16N2O2. The van der Waals surface area contributed by atoms with Crippen LogP contribution in [0.1, 0.15) is 22.6 Å². The number of furan rings is 2. The Morgan fingerprint density at radius 1 is 0.654 bits per heavy atom. The van der Waals surface area contributed by atoms with Crippen LogP contribution in [0.15, 0.2) is 82.5 Å². The van der Waals surface area contributed by atoms with Crippen LogP contribution < -0.4 is 0 Å². The first-order chi connectivity index (χ1) is 12.9. The zero-order valence-electron chi connectivity index (χ0n) is 14.1. The average Bonchev–Trinajstić information content (AvgIpc) is 3.28. The van der Waals surface area contributed by atoms with Crippen molar-refractivity contribution in [1.82, 2.24) is 9.97 Å². The van der Waals surface area contributed by atoms with Crippen LogP contribution in [-0.4, -0.2) is 9.97 Å². The van der Waals surface area contributed by atoms with Gasteiger partial charge in [0.15, 0.2) is 0 Å². The van der Waals surface area contributed by atoms with Crippen molar-refractivity contribution in [2.75, 3.05) is 0 Å². The van der Waals surface area contributed by atoms with Crippen molar-refractivity contribution in [3.63, 3.8) is 0 Å². The van der Waals surface area contributed by atoms with Crippen LogP contribution in [0.2, 0.25) is 0 Å². The maximum Gasteiger partial charge on any atom is 0.116 e. The lowest BCUT2D eigenvalue weighted by Crippen LogP contribution is -1.96. The van der Waals surface area contributed by atoms with E-state index >= 15 is 0 Å². The summed E-state index contributed by atoms with van der Waals surface area (Å²) in [5.41, 5.74) is 2.47. The molecule has 0 radical (unpaired) electrons. The van der Waals surface area contributed by atoms with Crippen LogP contribution >= 0.6 is 0 Å². The van der Waals surface area contributed by atoms with Gasteiger partial charge in [0.05, 0.1) is 0 Å². The highest BCUT2D eigenvalue weighted by Crippen LogP contribution is 2.27. The van der Waals surface area contributed by atoms with E-state index in [1.807, 2.05) is 24.5 Å². The first kappa shape index (κ1) is 14.9. The van der Waals surface area contributed by atoms with E-state index in [0.717, 1.165) is 45.9 Å². The summed E-state index contributed by atoms with van der Waals surface area (Å²) in [5.74, 6) is 1.92. The minimum absolute atomic E-state index is 0.740. The Bertz CT molecular complexity index is 1110. The van der Waals surface area contributed by atoms with Crippen LogP contribution in [0, 0.1) is 0 Å².